The third-order valence-corrected chi connectivity index (χ3v) is 3.09. The molecule has 2 N–H and O–H groups in total. The lowest BCUT2D eigenvalue weighted by atomic mass is 10.0. The zero-order valence-corrected chi connectivity index (χ0v) is 10.3. The molecule has 0 aromatic carbocycles. The first-order valence-electron chi connectivity index (χ1n) is 5.64. The van der Waals surface area contributed by atoms with Gasteiger partial charge in [0.05, 0.1) is 5.54 Å². The third kappa shape index (κ3) is 2.92. The van der Waals surface area contributed by atoms with Crippen LogP contribution in [0.25, 0.3) is 0 Å². The van der Waals surface area contributed by atoms with E-state index in [-0.39, 0.29) is 5.91 Å². The third-order valence-electron chi connectivity index (χ3n) is 3.09. The Kier molecular flexibility index (Phi) is 3.73. The van der Waals surface area contributed by atoms with E-state index in [9.17, 15) is 4.79 Å². The highest BCUT2D eigenvalue weighted by atomic mass is 16.2. The molecule has 15 heavy (non-hydrogen) atoms. The van der Waals surface area contributed by atoms with Crippen molar-refractivity contribution in [3.63, 3.8) is 0 Å². The summed E-state index contributed by atoms with van der Waals surface area (Å²) in [7, 11) is 2.11. The first-order chi connectivity index (χ1) is 6.86. The van der Waals surface area contributed by atoms with Gasteiger partial charge in [0.2, 0.25) is 5.91 Å². The Morgan fingerprint density at radius 3 is 2.53 bits per heavy atom. The summed E-state index contributed by atoms with van der Waals surface area (Å²) in [6.45, 7) is 8.26. The molecule has 88 valence electrons. The van der Waals surface area contributed by atoms with Gasteiger partial charge in [0, 0.05) is 25.7 Å². The van der Waals surface area contributed by atoms with Crippen molar-refractivity contribution < 1.29 is 4.79 Å². The number of carbonyl (C=O) groups is 1. The Balaban J connectivity index is 2.62. The van der Waals surface area contributed by atoms with Crippen LogP contribution in [-0.4, -0.2) is 54.0 Å². The maximum atomic E-state index is 12.0. The summed E-state index contributed by atoms with van der Waals surface area (Å²) in [6, 6.07) is 0.477. The quantitative estimate of drug-likeness (QED) is 0.716. The number of piperazine rings is 1. The molecule has 0 aromatic heterocycles. The van der Waals surface area contributed by atoms with Crippen LogP contribution in [0.3, 0.4) is 0 Å². The largest absolute Gasteiger partial charge is 0.338 e. The van der Waals surface area contributed by atoms with Crippen LogP contribution in [0.1, 0.15) is 27.2 Å². The van der Waals surface area contributed by atoms with Crippen LogP contribution >= 0.6 is 0 Å². The minimum Gasteiger partial charge on any atom is -0.338 e. The predicted molar refractivity (Wildman–Crippen MR) is 61.6 cm³/mol. The van der Waals surface area contributed by atoms with E-state index in [0.717, 1.165) is 26.1 Å². The van der Waals surface area contributed by atoms with Crippen molar-refractivity contribution in [2.24, 2.45) is 5.73 Å². The fraction of sp³-hybridized carbons (Fsp3) is 0.909. The molecule has 1 atom stereocenters. The highest BCUT2D eigenvalue weighted by Crippen LogP contribution is 2.14. The average molecular weight is 213 g/mol. The monoisotopic (exact) mass is 213 g/mol. The average Bonchev–Trinajstić information content (AvgIpc) is 2.16. The van der Waals surface area contributed by atoms with E-state index in [0.29, 0.717) is 6.04 Å². The first-order valence-corrected chi connectivity index (χ1v) is 5.64. The Labute approximate surface area is 92.4 Å². The number of hydrogen-bond donors (Lipinski definition) is 1. The molecule has 4 nitrogen and oxygen atoms in total. The summed E-state index contributed by atoms with van der Waals surface area (Å²) in [4.78, 5) is 16.2. The van der Waals surface area contributed by atoms with Gasteiger partial charge in [-0.15, -0.1) is 0 Å². The second kappa shape index (κ2) is 4.49. The second-order valence-electron chi connectivity index (χ2n) is 5.02. The van der Waals surface area contributed by atoms with Crippen molar-refractivity contribution in [2.75, 3.05) is 26.7 Å². The van der Waals surface area contributed by atoms with Gasteiger partial charge in [-0.25, -0.2) is 0 Å². The van der Waals surface area contributed by atoms with Crippen molar-refractivity contribution in [3.8, 4) is 0 Å². The lowest BCUT2D eigenvalue weighted by Gasteiger charge is -2.41. The van der Waals surface area contributed by atoms with E-state index in [4.69, 9.17) is 5.73 Å². The Bertz CT molecular complexity index is 234. The minimum atomic E-state index is -0.742. The predicted octanol–water partition coefficient (Wildman–Crippen LogP) is 0.276. The topological polar surface area (TPSA) is 49.6 Å². The van der Waals surface area contributed by atoms with Gasteiger partial charge in [0.1, 0.15) is 0 Å². The molecule has 1 aliphatic rings. The van der Waals surface area contributed by atoms with E-state index in [2.05, 4.69) is 18.9 Å². The summed E-state index contributed by atoms with van der Waals surface area (Å²) in [5.74, 6) is 0.0639. The van der Waals surface area contributed by atoms with Gasteiger partial charge in [-0.3, -0.25) is 9.69 Å². The molecule has 0 bridgehead atoms. The standard InChI is InChI=1S/C11H23N3O/c1-5-9-8-14(7-6-13(9)4)10(15)11(2,3)12/h9H,5-8,12H2,1-4H3. The maximum Gasteiger partial charge on any atom is 0.242 e. The zero-order chi connectivity index (χ0) is 11.6. The molecular formula is C11H23N3O. The van der Waals surface area contributed by atoms with Crippen LogP contribution < -0.4 is 5.73 Å². The van der Waals surface area contributed by atoms with Crippen molar-refractivity contribution in [1.82, 2.24) is 9.80 Å². The molecule has 1 aliphatic heterocycles. The summed E-state index contributed by atoms with van der Waals surface area (Å²) < 4.78 is 0. The molecule has 1 rings (SSSR count). The van der Waals surface area contributed by atoms with Crippen LogP contribution in [0.4, 0.5) is 0 Å². The number of hydrogen-bond acceptors (Lipinski definition) is 3. The second-order valence-corrected chi connectivity index (χ2v) is 5.02. The van der Waals surface area contributed by atoms with Crippen molar-refractivity contribution in [2.45, 2.75) is 38.8 Å². The summed E-state index contributed by atoms with van der Waals surface area (Å²) in [5, 5.41) is 0. The van der Waals surface area contributed by atoms with Gasteiger partial charge >= 0.3 is 0 Å². The lowest BCUT2D eigenvalue weighted by molar-refractivity contribution is -0.138. The van der Waals surface area contributed by atoms with E-state index in [1.54, 1.807) is 13.8 Å². The summed E-state index contributed by atoms with van der Waals surface area (Å²) in [6.07, 6.45) is 1.07. The lowest BCUT2D eigenvalue weighted by Crippen LogP contribution is -2.59. The maximum absolute atomic E-state index is 12.0. The first kappa shape index (κ1) is 12.5. The van der Waals surface area contributed by atoms with E-state index in [1.807, 2.05) is 4.90 Å². The molecule has 4 heteroatoms. The van der Waals surface area contributed by atoms with Gasteiger partial charge in [-0.2, -0.15) is 0 Å². The number of nitrogens with two attached hydrogens (primary N) is 1. The van der Waals surface area contributed by atoms with Crippen molar-refractivity contribution in [1.29, 1.82) is 0 Å². The highest BCUT2D eigenvalue weighted by molar-refractivity contribution is 5.85. The van der Waals surface area contributed by atoms with E-state index >= 15 is 0 Å². The van der Waals surface area contributed by atoms with Gasteiger partial charge in [0.25, 0.3) is 0 Å². The zero-order valence-electron chi connectivity index (χ0n) is 10.3. The number of likely N-dealkylation sites (N-methyl/N-ethyl adjacent to an activating group) is 1. The number of rotatable bonds is 2. The molecule has 1 amide bonds. The molecule has 0 aliphatic carbocycles. The van der Waals surface area contributed by atoms with Crippen LogP contribution in [0.5, 0.6) is 0 Å². The summed E-state index contributed by atoms with van der Waals surface area (Å²) in [5.41, 5.74) is 5.08. The molecule has 1 saturated heterocycles. The fourth-order valence-electron chi connectivity index (χ4n) is 1.98. The van der Waals surface area contributed by atoms with Crippen LogP contribution in [0.2, 0.25) is 0 Å². The minimum absolute atomic E-state index is 0.0639. The molecule has 0 spiro atoms. The molecular weight excluding hydrogens is 190 g/mol. The van der Waals surface area contributed by atoms with Gasteiger partial charge < -0.3 is 10.6 Å². The number of nitrogens with zero attached hydrogens (tertiary/aromatic N) is 2. The summed E-state index contributed by atoms with van der Waals surface area (Å²) >= 11 is 0. The molecule has 1 heterocycles. The molecule has 0 saturated carbocycles. The molecule has 1 unspecified atom stereocenters. The Morgan fingerprint density at radius 1 is 1.47 bits per heavy atom. The normalized spacial score (nSPS) is 24.3. The Hall–Kier alpha value is -0.610. The Morgan fingerprint density at radius 2 is 2.07 bits per heavy atom. The number of carbonyl (C=O) groups excluding carboxylic acids is 1. The van der Waals surface area contributed by atoms with Crippen LogP contribution in [0, 0.1) is 0 Å². The van der Waals surface area contributed by atoms with Gasteiger partial charge in [-0.1, -0.05) is 6.92 Å². The SMILES string of the molecule is CCC1CN(C(=O)C(C)(C)N)CCN1C. The van der Waals surface area contributed by atoms with Gasteiger partial charge in [-0.05, 0) is 27.3 Å². The molecule has 0 aromatic rings. The van der Waals surface area contributed by atoms with Crippen LogP contribution in [-0.2, 0) is 4.79 Å². The van der Waals surface area contributed by atoms with Crippen LogP contribution in [0.15, 0.2) is 0 Å². The van der Waals surface area contributed by atoms with E-state index in [1.165, 1.54) is 0 Å². The molecule has 0 radical (unpaired) electrons. The highest BCUT2D eigenvalue weighted by Gasteiger charge is 2.32. The number of amides is 1. The van der Waals surface area contributed by atoms with Crippen molar-refractivity contribution >= 4 is 5.91 Å². The molecule has 1 fully saturated rings. The fourth-order valence-corrected chi connectivity index (χ4v) is 1.98. The smallest absolute Gasteiger partial charge is 0.242 e. The van der Waals surface area contributed by atoms with E-state index < -0.39 is 5.54 Å². The van der Waals surface area contributed by atoms with Crippen molar-refractivity contribution in [3.05, 3.63) is 0 Å². The van der Waals surface area contributed by atoms with Gasteiger partial charge in [0.15, 0.2) is 0 Å².